The molecule has 2 aromatic rings. The second-order valence-corrected chi connectivity index (χ2v) is 5.31. The fourth-order valence-corrected chi connectivity index (χ4v) is 2.44. The number of benzene rings is 2. The van der Waals surface area contributed by atoms with Gasteiger partial charge in [0.15, 0.2) is 11.5 Å². The summed E-state index contributed by atoms with van der Waals surface area (Å²) in [6, 6.07) is 7.41. The van der Waals surface area contributed by atoms with Gasteiger partial charge in [-0.1, -0.05) is 0 Å². The Morgan fingerprint density at radius 2 is 1.63 bits per heavy atom. The lowest BCUT2D eigenvalue weighted by molar-refractivity contribution is 0.0697. The van der Waals surface area contributed by atoms with E-state index in [0.29, 0.717) is 23.9 Å². The summed E-state index contributed by atoms with van der Waals surface area (Å²) < 4.78 is 20.9. The molecule has 0 aromatic heterocycles. The van der Waals surface area contributed by atoms with Crippen molar-refractivity contribution in [2.24, 2.45) is 0 Å². The van der Waals surface area contributed by atoms with Gasteiger partial charge < -0.3 is 29.4 Å². The molecule has 0 heterocycles. The molecule has 1 amide bonds. The van der Waals surface area contributed by atoms with Crippen molar-refractivity contribution in [3.05, 3.63) is 41.5 Å². The highest BCUT2D eigenvalue weighted by Crippen LogP contribution is 2.34. The molecule has 0 radical (unpaired) electrons. The standard InChI is InChI=1S/C19H21NO7/c1-5-27-17-9-13(19(22)23)14(10-16(17)26-4)20-18(21)12-7-6-11(24-2)8-15(12)25-3/h6-10H,5H2,1-4H3,(H,20,21)(H,22,23). The molecule has 2 N–H and O–H groups in total. The van der Waals surface area contributed by atoms with Crippen molar-refractivity contribution in [2.75, 3.05) is 33.3 Å². The first-order chi connectivity index (χ1) is 12.9. The van der Waals surface area contributed by atoms with E-state index in [-0.39, 0.29) is 22.6 Å². The number of methoxy groups -OCH3 is 3. The summed E-state index contributed by atoms with van der Waals surface area (Å²) in [4.78, 5) is 24.3. The summed E-state index contributed by atoms with van der Waals surface area (Å²) in [7, 11) is 4.35. The number of anilines is 1. The molecule has 0 aliphatic carbocycles. The van der Waals surface area contributed by atoms with Crippen LogP contribution in [-0.4, -0.2) is 44.9 Å². The van der Waals surface area contributed by atoms with Gasteiger partial charge in [-0.25, -0.2) is 4.79 Å². The smallest absolute Gasteiger partial charge is 0.337 e. The average Bonchev–Trinajstić information content (AvgIpc) is 2.67. The Balaban J connectivity index is 2.44. The van der Waals surface area contributed by atoms with Crippen LogP contribution in [0.4, 0.5) is 5.69 Å². The maximum atomic E-state index is 12.7. The topological polar surface area (TPSA) is 103 Å². The van der Waals surface area contributed by atoms with E-state index in [0.717, 1.165) is 0 Å². The second kappa shape index (κ2) is 8.79. The number of rotatable bonds is 8. The number of carbonyl (C=O) groups excluding carboxylic acids is 1. The summed E-state index contributed by atoms with van der Waals surface area (Å²) in [6.07, 6.45) is 0. The van der Waals surface area contributed by atoms with E-state index in [9.17, 15) is 14.7 Å². The Morgan fingerprint density at radius 1 is 0.926 bits per heavy atom. The van der Waals surface area contributed by atoms with Gasteiger partial charge in [0.25, 0.3) is 5.91 Å². The van der Waals surface area contributed by atoms with Crippen LogP contribution in [0.25, 0.3) is 0 Å². The maximum absolute atomic E-state index is 12.7. The molecule has 0 atom stereocenters. The van der Waals surface area contributed by atoms with E-state index in [4.69, 9.17) is 18.9 Å². The number of aromatic carboxylic acids is 1. The minimum absolute atomic E-state index is 0.0747. The van der Waals surface area contributed by atoms with Crippen molar-refractivity contribution in [3.8, 4) is 23.0 Å². The molecule has 0 unspecified atom stereocenters. The number of amides is 1. The lowest BCUT2D eigenvalue weighted by atomic mass is 10.1. The minimum Gasteiger partial charge on any atom is -0.497 e. The molecule has 0 saturated carbocycles. The van der Waals surface area contributed by atoms with Gasteiger partial charge >= 0.3 is 5.97 Å². The molecule has 27 heavy (non-hydrogen) atoms. The second-order valence-electron chi connectivity index (χ2n) is 5.31. The SMILES string of the molecule is CCOc1cc(C(=O)O)c(NC(=O)c2ccc(OC)cc2OC)cc1OC. The van der Waals surface area contributed by atoms with E-state index in [2.05, 4.69) is 5.32 Å². The zero-order chi connectivity index (χ0) is 20.0. The lowest BCUT2D eigenvalue weighted by Crippen LogP contribution is -2.16. The van der Waals surface area contributed by atoms with E-state index >= 15 is 0 Å². The molecular formula is C19H21NO7. The predicted octanol–water partition coefficient (Wildman–Crippen LogP) is 3.06. The summed E-state index contributed by atoms with van der Waals surface area (Å²) in [5.74, 6) is -0.353. The molecule has 0 spiro atoms. The van der Waals surface area contributed by atoms with Gasteiger partial charge in [0.1, 0.15) is 11.5 Å². The van der Waals surface area contributed by atoms with Gasteiger partial charge in [0.05, 0.1) is 44.8 Å². The molecule has 2 rings (SSSR count). The third kappa shape index (κ3) is 4.41. The Bertz CT molecular complexity index is 848. The number of hydrogen-bond donors (Lipinski definition) is 2. The van der Waals surface area contributed by atoms with Crippen LogP contribution in [0.5, 0.6) is 23.0 Å². The molecule has 0 saturated heterocycles. The van der Waals surface area contributed by atoms with Crippen LogP contribution in [0.1, 0.15) is 27.6 Å². The van der Waals surface area contributed by atoms with Crippen LogP contribution >= 0.6 is 0 Å². The average molecular weight is 375 g/mol. The Labute approximate surface area is 156 Å². The molecule has 2 aromatic carbocycles. The molecule has 8 nitrogen and oxygen atoms in total. The molecule has 8 heteroatoms. The van der Waals surface area contributed by atoms with Crippen molar-refractivity contribution < 1.29 is 33.6 Å². The van der Waals surface area contributed by atoms with E-state index in [1.54, 1.807) is 19.1 Å². The third-order valence-corrected chi connectivity index (χ3v) is 3.74. The van der Waals surface area contributed by atoms with Crippen molar-refractivity contribution in [1.82, 2.24) is 0 Å². The van der Waals surface area contributed by atoms with Crippen molar-refractivity contribution in [3.63, 3.8) is 0 Å². The summed E-state index contributed by atoms with van der Waals surface area (Å²) >= 11 is 0. The van der Waals surface area contributed by atoms with E-state index in [1.807, 2.05) is 0 Å². The molecule has 0 aliphatic rings. The van der Waals surface area contributed by atoms with Crippen LogP contribution in [0.2, 0.25) is 0 Å². The first kappa shape index (κ1) is 19.9. The highest BCUT2D eigenvalue weighted by molar-refractivity contribution is 6.09. The van der Waals surface area contributed by atoms with Crippen molar-refractivity contribution in [2.45, 2.75) is 6.92 Å². The number of carbonyl (C=O) groups is 2. The number of carboxylic acids is 1. The first-order valence-electron chi connectivity index (χ1n) is 8.06. The van der Waals surface area contributed by atoms with E-state index < -0.39 is 11.9 Å². The summed E-state index contributed by atoms with van der Waals surface area (Å²) in [6.45, 7) is 2.11. The fourth-order valence-electron chi connectivity index (χ4n) is 2.44. The third-order valence-electron chi connectivity index (χ3n) is 3.74. The van der Waals surface area contributed by atoms with Gasteiger partial charge in [-0.15, -0.1) is 0 Å². The van der Waals surface area contributed by atoms with Gasteiger partial charge in [-0.3, -0.25) is 4.79 Å². The van der Waals surface area contributed by atoms with E-state index in [1.165, 1.54) is 39.5 Å². The van der Waals surface area contributed by atoms with Gasteiger partial charge in [0.2, 0.25) is 0 Å². The Morgan fingerprint density at radius 3 is 2.19 bits per heavy atom. The molecule has 0 aliphatic heterocycles. The van der Waals surface area contributed by atoms with Gasteiger partial charge in [-0.05, 0) is 19.1 Å². The quantitative estimate of drug-likeness (QED) is 0.731. The molecule has 144 valence electrons. The number of carboxylic acid groups (broad SMARTS) is 1. The molecule has 0 bridgehead atoms. The fraction of sp³-hybridized carbons (Fsp3) is 0.263. The highest BCUT2D eigenvalue weighted by atomic mass is 16.5. The molecular weight excluding hydrogens is 354 g/mol. The maximum Gasteiger partial charge on any atom is 0.337 e. The van der Waals surface area contributed by atoms with Gasteiger partial charge in [0, 0.05) is 18.2 Å². The predicted molar refractivity (Wildman–Crippen MR) is 98.6 cm³/mol. The van der Waals surface area contributed by atoms with Crippen molar-refractivity contribution >= 4 is 17.6 Å². The first-order valence-corrected chi connectivity index (χ1v) is 8.06. The summed E-state index contributed by atoms with van der Waals surface area (Å²) in [5, 5.41) is 12.1. The van der Waals surface area contributed by atoms with Crippen LogP contribution < -0.4 is 24.3 Å². The Hall–Kier alpha value is -3.42. The number of ether oxygens (including phenoxy) is 4. The zero-order valence-corrected chi connectivity index (χ0v) is 15.5. The zero-order valence-electron chi connectivity index (χ0n) is 15.5. The highest BCUT2D eigenvalue weighted by Gasteiger charge is 2.20. The number of nitrogens with one attached hydrogen (secondary N) is 1. The van der Waals surface area contributed by atoms with Crippen LogP contribution in [-0.2, 0) is 0 Å². The number of hydrogen-bond acceptors (Lipinski definition) is 6. The molecule has 0 fully saturated rings. The largest absolute Gasteiger partial charge is 0.497 e. The van der Waals surface area contributed by atoms with Crippen LogP contribution in [0.3, 0.4) is 0 Å². The van der Waals surface area contributed by atoms with Crippen molar-refractivity contribution in [1.29, 1.82) is 0 Å². The monoisotopic (exact) mass is 375 g/mol. The summed E-state index contributed by atoms with van der Waals surface area (Å²) in [5.41, 5.74) is 0.174. The minimum atomic E-state index is -1.21. The van der Waals surface area contributed by atoms with Crippen LogP contribution in [0.15, 0.2) is 30.3 Å². The van der Waals surface area contributed by atoms with Gasteiger partial charge in [-0.2, -0.15) is 0 Å². The van der Waals surface area contributed by atoms with Crippen LogP contribution in [0, 0.1) is 0 Å². The normalized spacial score (nSPS) is 10.1. The Kier molecular flexibility index (Phi) is 6.48. The lowest BCUT2D eigenvalue weighted by Gasteiger charge is -2.15.